The summed E-state index contributed by atoms with van der Waals surface area (Å²) in [7, 11) is 0. The van der Waals surface area contributed by atoms with Gasteiger partial charge in [0, 0.05) is 48.4 Å². The van der Waals surface area contributed by atoms with Crippen LogP contribution in [0.15, 0.2) is 22.9 Å². The monoisotopic (exact) mass is 346 g/mol. The van der Waals surface area contributed by atoms with E-state index in [2.05, 4.69) is 34.7 Å². The zero-order valence-corrected chi connectivity index (χ0v) is 15.1. The highest BCUT2D eigenvalue weighted by Gasteiger charge is 2.26. The van der Waals surface area contributed by atoms with Gasteiger partial charge >= 0.3 is 0 Å². The first-order chi connectivity index (χ1) is 11.2. The molecular weight excluding hydrogens is 324 g/mol. The Bertz CT molecular complexity index is 705. The van der Waals surface area contributed by atoms with E-state index in [0.29, 0.717) is 18.4 Å². The van der Waals surface area contributed by atoms with Crippen LogP contribution in [0.5, 0.6) is 0 Å². The molecule has 1 unspecified atom stereocenters. The van der Waals surface area contributed by atoms with Crippen LogP contribution in [0.1, 0.15) is 40.3 Å². The zero-order valence-electron chi connectivity index (χ0n) is 13.5. The van der Waals surface area contributed by atoms with Crippen LogP contribution in [-0.4, -0.2) is 35.3 Å². The van der Waals surface area contributed by atoms with Gasteiger partial charge in [0.15, 0.2) is 0 Å². The van der Waals surface area contributed by atoms with Crippen LogP contribution in [0.4, 0.5) is 0 Å². The van der Waals surface area contributed by atoms with E-state index in [4.69, 9.17) is 0 Å². The van der Waals surface area contributed by atoms with Gasteiger partial charge in [0.2, 0.25) is 5.91 Å². The van der Waals surface area contributed by atoms with Gasteiger partial charge in [0.05, 0.1) is 0 Å². The second-order valence-electron chi connectivity index (χ2n) is 6.45. The molecule has 0 aromatic carbocycles. The topological polar surface area (TPSA) is 23.6 Å². The summed E-state index contributed by atoms with van der Waals surface area (Å²) in [5, 5.41) is 4.34. The summed E-state index contributed by atoms with van der Waals surface area (Å²) in [6.07, 6.45) is 2.80. The highest BCUT2D eigenvalue weighted by molar-refractivity contribution is 7.10. The number of carbonyl (C=O) groups excluding carboxylic acids is 1. The van der Waals surface area contributed by atoms with Crippen molar-refractivity contribution in [3.63, 3.8) is 0 Å². The Morgan fingerprint density at radius 1 is 1.17 bits per heavy atom. The fourth-order valence-electron chi connectivity index (χ4n) is 3.73. The standard InChI is InChI=1S/C18H22N2OS2/c1-13-15-6-11-23-17(15)3-7-19(13)9-4-18(21)20-8-2-16-14(12-20)5-10-22-16/h5-6,10-11,13H,2-4,7-9,12H2,1H3. The molecule has 122 valence electrons. The molecule has 2 aromatic heterocycles. The van der Waals surface area contributed by atoms with E-state index < -0.39 is 0 Å². The lowest BCUT2D eigenvalue weighted by atomic mass is 10.0. The number of carbonyl (C=O) groups is 1. The Morgan fingerprint density at radius 2 is 1.96 bits per heavy atom. The number of hydrogen-bond donors (Lipinski definition) is 0. The largest absolute Gasteiger partial charge is 0.338 e. The molecule has 0 saturated heterocycles. The van der Waals surface area contributed by atoms with Gasteiger partial charge in [-0.3, -0.25) is 9.69 Å². The van der Waals surface area contributed by atoms with Gasteiger partial charge in [-0.25, -0.2) is 0 Å². The third-order valence-electron chi connectivity index (χ3n) is 5.18. The minimum atomic E-state index is 0.310. The molecule has 5 heteroatoms. The average Bonchev–Trinajstić information content (AvgIpc) is 3.22. The first kappa shape index (κ1) is 15.4. The maximum Gasteiger partial charge on any atom is 0.224 e. The Balaban J connectivity index is 1.34. The summed E-state index contributed by atoms with van der Waals surface area (Å²) in [5.41, 5.74) is 2.82. The lowest BCUT2D eigenvalue weighted by Gasteiger charge is -2.34. The SMILES string of the molecule is CC1c2ccsc2CCN1CCC(=O)N1CCc2sccc2C1. The van der Waals surface area contributed by atoms with Crippen molar-refractivity contribution >= 4 is 28.6 Å². The van der Waals surface area contributed by atoms with Crippen molar-refractivity contribution in [2.75, 3.05) is 19.6 Å². The van der Waals surface area contributed by atoms with Crippen LogP contribution in [0.25, 0.3) is 0 Å². The minimum absolute atomic E-state index is 0.310. The number of fused-ring (bicyclic) bond motifs is 2. The molecule has 2 aliphatic heterocycles. The molecule has 0 radical (unpaired) electrons. The van der Waals surface area contributed by atoms with Crippen molar-refractivity contribution in [2.24, 2.45) is 0 Å². The molecule has 1 atom stereocenters. The van der Waals surface area contributed by atoms with E-state index in [-0.39, 0.29) is 0 Å². The van der Waals surface area contributed by atoms with E-state index in [0.717, 1.165) is 39.0 Å². The molecule has 3 nitrogen and oxygen atoms in total. The Morgan fingerprint density at radius 3 is 2.87 bits per heavy atom. The van der Waals surface area contributed by atoms with Crippen molar-refractivity contribution in [1.82, 2.24) is 9.80 Å². The molecule has 0 spiro atoms. The molecule has 1 amide bonds. The molecule has 4 heterocycles. The number of thiophene rings is 2. The fourth-order valence-corrected chi connectivity index (χ4v) is 5.58. The van der Waals surface area contributed by atoms with Crippen molar-refractivity contribution in [3.8, 4) is 0 Å². The van der Waals surface area contributed by atoms with Crippen molar-refractivity contribution in [1.29, 1.82) is 0 Å². The first-order valence-electron chi connectivity index (χ1n) is 8.35. The van der Waals surface area contributed by atoms with E-state index in [1.165, 1.54) is 20.9 Å². The fraction of sp³-hybridized carbons (Fsp3) is 0.500. The van der Waals surface area contributed by atoms with Gasteiger partial charge in [0.25, 0.3) is 0 Å². The van der Waals surface area contributed by atoms with Gasteiger partial charge in [-0.05, 0) is 53.8 Å². The predicted molar refractivity (Wildman–Crippen MR) is 96.1 cm³/mol. The molecule has 0 saturated carbocycles. The van der Waals surface area contributed by atoms with Crippen molar-refractivity contribution < 1.29 is 4.79 Å². The number of rotatable bonds is 3. The lowest BCUT2D eigenvalue weighted by Crippen LogP contribution is -2.39. The molecule has 2 aliphatic rings. The quantitative estimate of drug-likeness (QED) is 0.846. The normalized spacial score (nSPS) is 21.1. The van der Waals surface area contributed by atoms with Crippen molar-refractivity contribution in [3.05, 3.63) is 43.8 Å². The van der Waals surface area contributed by atoms with Crippen LogP contribution in [-0.2, 0) is 24.2 Å². The Kier molecular flexibility index (Phi) is 4.26. The molecule has 0 aliphatic carbocycles. The van der Waals surface area contributed by atoms with Gasteiger partial charge in [-0.15, -0.1) is 22.7 Å². The van der Waals surface area contributed by atoms with E-state index in [1.54, 1.807) is 0 Å². The minimum Gasteiger partial charge on any atom is -0.338 e. The molecule has 2 aromatic rings. The highest BCUT2D eigenvalue weighted by atomic mass is 32.1. The van der Waals surface area contributed by atoms with Crippen LogP contribution in [0, 0.1) is 0 Å². The summed E-state index contributed by atoms with van der Waals surface area (Å²) >= 11 is 3.70. The van der Waals surface area contributed by atoms with Crippen molar-refractivity contribution in [2.45, 2.75) is 38.8 Å². The third-order valence-corrected chi connectivity index (χ3v) is 7.20. The van der Waals surface area contributed by atoms with Gasteiger partial charge in [-0.1, -0.05) is 0 Å². The highest BCUT2D eigenvalue weighted by Crippen LogP contribution is 2.33. The summed E-state index contributed by atoms with van der Waals surface area (Å²) in [4.78, 5) is 20.1. The maximum atomic E-state index is 12.6. The van der Waals surface area contributed by atoms with E-state index in [9.17, 15) is 4.79 Å². The molecule has 0 fully saturated rings. The summed E-state index contributed by atoms with van der Waals surface area (Å²) < 4.78 is 0. The van der Waals surface area contributed by atoms with E-state index >= 15 is 0 Å². The second kappa shape index (κ2) is 6.38. The summed E-state index contributed by atoms with van der Waals surface area (Å²) in [6.45, 7) is 5.92. The molecule has 0 N–H and O–H groups in total. The molecular formula is C18H22N2OS2. The third kappa shape index (κ3) is 2.97. The maximum absolute atomic E-state index is 12.6. The molecule has 0 bridgehead atoms. The predicted octanol–water partition coefficient (Wildman–Crippen LogP) is 3.70. The Hall–Kier alpha value is -1.17. The number of hydrogen-bond acceptors (Lipinski definition) is 4. The number of amides is 1. The van der Waals surface area contributed by atoms with Crippen LogP contribution in [0.3, 0.4) is 0 Å². The van der Waals surface area contributed by atoms with Crippen LogP contribution < -0.4 is 0 Å². The first-order valence-corrected chi connectivity index (χ1v) is 10.1. The van der Waals surface area contributed by atoms with Gasteiger partial charge < -0.3 is 4.90 Å². The smallest absolute Gasteiger partial charge is 0.224 e. The summed E-state index contributed by atoms with van der Waals surface area (Å²) in [6, 6.07) is 4.87. The zero-order chi connectivity index (χ0) is 15.8. The molecule has 4 rings (SSSR count). The van der Waals surface area contributed by atoms with Gasteiger partial charge in [-0.2, -0.15) is 0 Å². The van der Waals surface area contributed by atoms with Gasteiger partial charge in [0.1, 0.15) is 0 Å². The molecule has 23 heavy (non-hydrogen) atoms. The second-order valence-corrected chi connectivity index (χ2v) is 8.45. The summed E-state index contributed by atoms with van der Waals surface area (Å²) in [5.74, 6) is 0.310. The van der Waals surface area contributed by atoms with E-state index in [1.807, 2.05) is 27.6 Å². The average molecular weight is 347 g/mol. The lowest BCUT2D eigenvalue weighted by molar-refractivity contribution is -0.132. The van der Waals surface area contributed by atoms with Crippen LogP contribution >= 0.6 is 22.7 Å². The van der Waals surface area contributed by atoms with Crippen LogP contribution in [0.2, 0.25) is 0 Å². The Labute approximate surface area is 145 Å². The number of nitrogens with zero attached hydrogens (tertiary/aromatic N) is 2.